The highest BCUT2D eigenvalue weighted by Crippen LogP contribution is 2.21. The minimum absolute atomic E-state index is 0.0229. The molecule has 0 bridgehead atoms. The molecule has 0 unspecified atom stereocenters. The van der Waals surface area contributed by atoms with Crippen molar-refractivity contribution in [2.45, 2.75) is 6.04 Å². The second kappa shape index (κ2) is 4.45. The maximum atomic E-state index is 8.90. The van der Waals surface area contributed by atoms with Crippen molar-refractivity contribution >= 4 is 16.3 Å². The summed E-state index contributed by atoms with van der Waals surface area (Å²) in [4.78, 5) is 1.88. The summed E-state index contributed by atoms with van der Waals surface area (Å²) in [6.45, 7) is -0.0458. The highest BCUT2D eigenvalue weighted by Gasteiger charge is 2.12. The van der Waals surface area contributed by atoms with Gasteiger partial charge in [0.05, 0.1) is 24.3 Å². The molecule has 1 rings (SSSR count). The second-order valence-corrected chi connectivity index (χ2v) is 3.51. The first-order chi connectivity index (χ1) is 5.79. The molecule has 0 saturated carbocycles. The summed E-state index contributed by atoms with van der Waals surface area (Å²) in [5, 5.41) is 20.8. The minimum atomic E-state index is -0.191. The number of hydrogen-bond donors (Lipinski definition) is 2. The molecule has 0 fully saturated rings. The van der Waals surface area contributed by atoms with E-state index >= 15 is 0 Å². The number of nitrogens with zero attached hydrogens (tertiary/aromatic N) is 1. The molecule has 0 aliphatic carbocycles. The van der Waals surface area contributed by atoms with Gasteiger partial charge in [0.1, 0.15) is 0 Å². The van der Waals surface area contributed by atoms with Gasteiger partial charge in [-0.2, -0.15) is 0 Å². The summed E-state index contributed by atoms with van der Waals surface area (Å²) >= 11 is 1.59. The average molecular weight is 187 g/mol. The Morgan fingerprint density at radius 2 is 2.17 bits per heavy atom. The Morgan fingerprint density at radius 1 is 1.50 bits per heavy atom. The molecule has 0 saturated heterocycles. The number of hydrogen-bond acceptors (Lipinski definition) is 4. The molecular weight excluding hydrogens is 174 g/mol. The number of thiophene rings is 1. The summed E-state index contributed by atoms with van der Waals surface area (Å²) in [5.74, 6) is 0. The lowest BCUT2D eigenvalue weighted by molar-refractivity contribution is 0.191. The molecule has 0 radical (unpaired) electrons. The van der Waals surface area contributed by atoms with E-state index in [1.165, 1.54) is 0 Å². The van der Waals surface area contributed by atoms with E-state index in [0.717, 1.165) is 5.00 Å². The molecule has 0 aliphatic rings. The van der Waals surface area contributed by atoms with Gasteiger partial charge in [0.15, 0.2) is 0 Å². The van der Waals surface area contributed by atoms with Crippen molar-refractivity contribution in [2.75, 3.05) is 25.2 Å². The maximum Gasteiger partial charge on any atom is 0.0909 e. The van der Waals surface area contributed by atoms with Crippen molar-refractivity contribution in [3.63, 3.8) is 0 Å². The molecule has 1 heterocycles. The number of likely N-dealkylation sites (N-methyl/N-ethyl adjacent to an activating group) is 1. The van der Waals surface area contributed by atoms with E-state index in [1.54, 1.807) is 11.3 Å². The largest absolute Gasteiger partial charge is 0.394 e. The highest BCUT2D eigenvalue weighted by molar-refractivity contribution is 7.14. The van der Waals surface area contributed by atoms with Crippen molar-refractivity contribution in [3.8, 4) is 0 Å². The van der Waals surface area contributed by atoms with Crippen molar-refractivity contribution < 1.29 is 10.2 Å². The molecule has 68 valence electrons. The first-order valence-corrected chi connectivity index (χ1v) is 4.65. The van der Waals surface area contributed by atoms with Gasteiger partial charge in [-0.05, 0) is 17.5 Å². The van der Waals surface area contributed by atoms with Crippen LogP contribution in [-0.4, -0.2) is 36.5 Å². The Labute approximate surface area is 75.9 Å². The van der Waals surface area contributed by atoms with Gasteiger partial charge in [0.2, 0.25) is 0 Å². The van der Waals surface area contributed by atoms with Gasteiger partial charge < -0.3 is 15.1 Å². The van der Waals surface area contributed by atoms with E-state index in [0.29, 0.717) is 0 Å². The summed E-state index contributed by atoms with van der Waals surface area (Å²) in [5.41, 5.74) is 0. The summed E-state index contributed by atoms with van der Waals surface area (Å²) in [7, 11) is 1.86. The van der Waals surface area contributed by atoms with E-state index < -0.39 is 0 Å². The lowest BCUT2D eigenvalue weighted by Gasteiger charge is -2.24. The summed E-state index contributed by atoms with van der Waals surface area (Å²) in [6, 6.07) is 3.72. The Bertz CT molecular complexity index is 209. The van der Waals surface area contributed by atoms with E-state index in [2.05, 4.69) is 0 Å². The Balaban J connectivity index is 2.63. The SMILES string of the molecule is CN(c1cccs1)C(CO)CO. The average Bonchev–Trinajstić information content (AvgIpc) is 2.58. The fraction of sp³-hybridized carbons (Fsp3) is 0.500. The minimum Gasteiger partial charge on any atom is -0.394 e. The lowest BCUT2D eigenvalue weighted by atomic mass is 10.3. The molecule has 0 aliphatic heterocycles. The molecule has 1 aromatic rings. The van der Waals surface area contributed by atoms with Crippen LogP contribution in [0.1, 0.15) is 0 Å². The molecule has 0 aromatic carbocycles. The molecule has 0 spiro atoms. The van der Waals surface area contributed by atoms with Gasteiger partial charge in [-0.25, -0.2) is 0 Å². The van der Waals surface area contributed by atoms with Gasteiger partial charge in [-0.1, -0.05) is 0 Å². The maximum absolute atomic E-state index is 8.90. The molecule has 2 N–H and O–H groups in total. The third kappa shape index (κ3) is 1.97. The quantitative estimate of drug-likeness (QED) is 0.723. The van der Waals surface area contributed by atoms with Crippen LogP contribution >= 0.6 is 11.3 Å². The third-order valence-electron chi connectivity index (χ3n) is 1.82. The normalized spacial score (nSPS) is 10.7. The van der Waals surface area contributed by atoms with Crippen molar-refractivity contribution in [3.05, 3.63) is 17.5 Å². The molecule has 3 nitrogen and oxygen atoms in total. The van der Waals surface area contributed by atoms with Crippen LogP contribution in [0.4, 0.5) is 5.00 Å². The van der Waals surface area contributed by atoms with Gasteiger partial charge in [-0.15, -0.1) is 11.3 Å². The van der Waals surface area contributed by atoms with Crippen LogP contribution in [-0.2, 0) is 0 Å². The third-order valence-corrected chi connectivity index (χ3v) is 2.78. The standard InChI is InChI=1S/C8H13NO2S/c1-9(7(5-10)6-11)8-3-2-4-12-8/h2-4,7,10-11H,5-6H2,1H3. The second-order valence-electron chi connectivity index (χ2n) is 2.58. The van der Waals surface area contributed by atoms with Crippen LogP contribution < -0.4 is 4.90 Å². The predicted octanol–water partition coefficient (Wildman–Crippen LogP) is 0.537. The fourth-order valence-electron chi connectivity index (χ4n) is 0.953. The van der Waals surface area contributed by atoms with Crippen LogP contribution in [0.3, 0.4) is 0 Å². The molecule has 1 aromatic heterocycles. The first kappa shape index (κ1) is 9.51. The van der Waals surface area contributed by atoms with Gasteiger partial charge in [0.25, 0.3) is 0 Å². The Hall–Kier alpha value is -0.580. The van der Waals surface area contributed by atoms with E-state index in [4.69, 9.17) is 10.2 Å². The molecule has 0 amide bonds. The van der Waals surface area contributed by atoms with Crippen LogP contribution in [0, 0.1) is 0 Å². The Kier molecular flexibility index (Phi) is 3.52. The van der Waals surface area contributed by atoms with Crippen LogP contribution in [0.25, 0.3) is 0 Å². The molecule has 4 heteroatoms. The van der Waals surface area contributed by atoms with Crippen molar-refractivity contribution in [1.29, 1.82) is 0 Å². The number of anilines is 1. The zero-order valence-corrected chi connectivity index (χ0v) is 7.79. The fourth-order valence-corrected chi connectivity index (χ4v) is 1.72. The molecule has 12 heavy (non-hydrogen) atoms. The monoisotopic (exact) mass is 187 g/mol. The van der Waals surface area contributed by atoms with E-state index in [9.17, 15) is 0 Å². The number of aliphatic hydroxyl groups excluding tert-OH is 2. The highest BCUT2D eigenvalue weighted by atomic mass is 32.1. The van der Waals surface area contributed by atoms with E-state index in [-0.39, 0.29) is 19.3 Å². The van der Waals surface area contributed by atoms with Crippen molar-refractivity contribution in [1.82, 2.24) is 0 Å². The van der Waals surface area contributed by atoms with Crippen LogP contribution in [0.15, 0.2) is 17.5 Å². The Morgan fingerprint density at radius 3 is 2.58 bits per heavy atom. The lowest BCUT2D eigenvalue weighted by Crippen LogP contribution is -2.37. The predicted molar refractivity (Wildman–Crippen MR) is 50.7 cm³/mol. The smallest absolute Gasteiger partial charge is 0.0909 e. The number of rotatable bonds is 4. The topological polar surface area (TPSA) is 43.7 Å². The van der Waals surface area contributed by atoms with Gasteiger partial charge in [-0.3, -0.25) is 0 Å². The van der Waals surface area contributed by atoms with E-state index in [1.807, 2.05) is 29.5 Å². The van der Waals surface area contributed by atoms with Gasteiger partial charge in [0, 0.05) is 7.05 Å². The zero-order chi connectivity index (χ0) is 8.97. The van der Waals surface area contributed by atoms with Crippen molar-refractivity contribution in [2.24, 2.45) is 0 Å². The van der Waals surface area contributed by atoms with Crippen LogP contribution in [0.2, 0.25) is 0 Å². The first-order valence-electron chi connectivity index (χ1n) is 3.77. The molecule has 0 atom stereocenters. The summed E-state index contributed by atoms with van der Waals surface area (Å²) < 4.78 is 0. The van der Waals surface area contributed by atoms with Crippen LogP contribution in [0.5, 0.6) is 0 Å². The van der Waals surface area contributed by atoms with Gasteiger partial charge >= 0.3 is 0 Å². The summed E-state index contributed by atoms with van der Waals surface area (Å²) in [6.07, 6.45) is 0. The molecular formula is C8H13NO2S. The zero-order valence-electron chi connectivity index (χ0n) is 6.97. The number of aliphatic hydroxyl groups is 2.